The van der Waals surface area contributed by atoms with Gasteiger partial charge in [-0.15, -0.1) is 0 Å². The summed E-state index contributed by atoms with van der Waals surface area (Å²) in [6, 6.07) is 9.56. The predicted octanol–water partition coefficient (Wildman–Crippen LogP) is 3.62. The quantitative estimate of drug-likeness (QED) is 0.293. The molecule has 0 unspecified atom stereocenters. The van der Waals surface area contributed by atoms with Crippen LogP contribution in [0.5, 0.6) is 0 Å². The Labute approximate surface area is 261 Å². The minimum Gasteiger partial charge on any atom is -0.389 e. The Morgan fingerprint density at radius 3 is 2.49 bits per heavy atom. The number of pyridine rings is 1. The third-order valence-corrected chi connectivity index (χ3v) is 9.04. The summed E-state index contributed by atoms with van der Waals surface area (Å²) in [6.45, 7) is 7.01. The molecule has 5 heterocycles. The van der Waals surface area contributed by atoms with Crippen molar-refractivity contribution in [3.05, 3.63) is 46.6 Å². The van der Waals surface area contributed by atoms with Gasteiger partial charge in [-0.05, 0) is 49.7 Å². The number of alkyl halides is 2. The van der Waals surface area contributed by atoms with E-state index in [2.05, 4.69) is 20.9 Å². The first-order valence-electron chi connectivity index (χ1n) is 14.7. The second kappa shape index (κ2) is 12.6. The molecule has 0 saturated carbocycles. The molecule has 4 aromatic rings. The number of aromatic nitrogens is 4. The lowest BCUT2D eigenvalue weighted by molar-refractivity contribution is -0.142. The van der Waals surface area contributed by atoms with Gasteiger partial charge in [0.25, 0.3) is 6.43 Å². The molecule has 0 radical (unpaired) electrons. The van der Waals surface area contributed by atoms with E-state index in [0.29, 0.717) is 80.6 Å². The SMILES string of the molecule is CCn1nc2c(C)cc(N3CCN(CC(=O)N4CC(O)C4)CC3)nc2c1N(CC(F)F)c1nc(-c2ccc(F)cc2)c(C#N)s1. The summed E-state index contributed by atoms with van der Waals surface area (Å²) in [4.78, 5) is 29.5. The number of aliphatic hydroxyl groups is 1. The van der Waals surface area contributed by atoms with Crippen molar-refractivity contribution in [1.29, 1.82) is 5.26 Å². The van der Waals surface area contributed by atoms with E-state index < -0.39 is 24.9 Å². The zero-order valence-electron chi connectivity index (χ0n) is 24.8. The molecule has 15 heteroatoms. The molecule has 45 heavy (non-hydrogen) atoms. The molecule has 3 aromatic heterocycles. The number of piperazine rings is 1. The van der Waals surface area contributed by atoms with Crippen LogP contribution < -0.4 is 9.80 Å². The van der Waals surface area contributed by atoms with Crippen LogP contribution in [-0.2, 0) is 11.3 Å². The van der Waals surface area contributed by atoms with E-state index in [4.69, 9.17) is 10.1 Å². The highest BCUT2D eigenvalue weighted by Crippen LogP contribution is 2.40. The summed E-state index contributed by atoms with van der Waals surface area (Å²) in [5, 5.41) is 24.3. The number of hydrogen-bond acceptors (Lipinski definition) is 10. The highest BCUT2D eigenvalue weighted by molar-refractivity contribution is 7.16. The maximum atomic E-state index is 14.2. The third kappa shape index (κ3) is 6.18. The third-order valence-electron chi connectivity index (χ3n) is 8.06. The molecule has 0 atom stereocenters. The number of halogens is 3. The van der Waals surface area contributed by atoms with Crippen molar-refractivity contribution >= 4 is 45.0 Å². The summed E-state index contributed by atoms with van der Waals surface area (Å²) < 4.78 is 43.5. The van der Waals surface area contributed by atoms with Gasteiger partial charge in [-0.3, -0.25) is 14.6 Å². The molecule has 11 nitrogen and oxygen atoms in total. The van der Waals surface area contributed by atoms with Gasteiger partial charge in [-0.1, -0.05) is 11.3 Å². The number of aryl methyl sites for hydroxylation is 2. The number of carbonyl (C=O) groups is 1. The van der Waals surface area contributed by atoms with Gasteiger partial charge < -0.3 is 14.9 Å². The first-order chi connectivity index (χ1) is 21.6. The Bertz CT molecular complexity index is 1740. The van der Waals surface area contributed by atoms with Crippen LogP contribution in [0.25, 0.3) is 22.3 Å². The number of rotatable bonds is 9. The smallest absolute Gasteiger partial charge is 0.256 e. The number of thiazole rings is 1. The monoisotopic (exact) mass is 639 g/mol. The van der Waals surface area contributed by atoms with Gasteiger partial charge in [-0.2, -0.15) is 10.4 Å². The lowest BCUT2D eigenvalue weighted by atomic mass is 10.1. The first-order valence-corrected chi connectivity index (χ1v) is 15.5. The summed E-state index contributed by atoms with van der Waals surface area (Å²) >= 11 is 0.981. The fraction of sp³-hybridized carbons (Fsp3) is 0.433. The molecule has 2 aliphatic rings. The lowest BCUT2D eigenvalue weighted by Crippen LogP contribution is -2.57. The topological polar surface area (TPSA) is 118 Å². The summed E-state index contributed by atoms with van der Waals surface area (Å²) in [5.74, 6) is 0.589. The number of fused-ring (bicyclic) bond motifs is 1. The number of β-amino-alcohol motifs (C(OH)–C–C–N with tert-alkyl or cyclic N) is 1. The summed E-state index contributed by atoms with van der Waals surface area (Å²) in [7, 11) is 0. The van der Waals surface area contributed by atoms with E-state index in [-0.39, 0.29) is 21.6 Å². The number of likely N-dealkylation sites (tertiary alicyclic amines) is 1. The molecule has 2 aliphatic heterocycles. The van der Waals surface area contributed by atoms with E-state index in [9.17, 15) is 28.3 Å². The van der Waals surface area contributed by atoms with E-state index in [1.54, 1.807) is 9.58 Å². The molecule has 2 saturated heterocycles. The first kappa shape index (κ1) is 30.8. The normalized spacial score (nSPS) is 16.0. The molecule has 0 aliphatic carbocycles. The molecular formula is C30H32F3N9O2S. The number of aliphatic hydroxyl groups excluding tert-OH is 1. The summed E-state index contributed by atoms with van der Waals surface area (Å²) in [5.41, 5.74) is 2.64. The maximum absolute atomic E-state index is 14.2. The molecule has 236 valence electrons. The molecule has 1 aromatic carbocycles. The number of benzene rings is 1. The average Bonchev–Trinajstić information content (AvgIpc) is 3.61. The minimum atomic E-state index is -2.73. The van der Waals surface area contributed by atoms with Crippen LogP contribution in [-0.4, -0.2) is 105 Å². The number of hydrogen-bond donors (Lipinski definition) is 1. The van der Waals surface area contributed by atoms with Crippen LogP contribution in [0.3, 0.4) is 0 Å². The second-order valence-electron chi connectivity index (χ2n) is 11.1. The number of nitriles is 1. The van der Waals surface area contributed by atoms with Gasteiger partial charge in [0.05, 0.1) is 19.2 Å². The van der Waals surface area contributed by atoms with Crippen molar-refractivity contribution in [3.8, 4) is 17.3 Å². The largest absolute Gasteiger partial charge is 0.389 e. The molecule has 2 fully saturated rings. The highest BCUT2D eigenvalue weighted by atomic mass is 32.1. The van der Waals surface area contributed by atoms with Crippen molar-refractivity contribution in [2.75, 3.05) is 62.2 Å². The molecule has 6 rings (SSSR count). The fourth-order valence-electron chi connectivity index (χ4n) is 5.65. The molecule has 0 spiro atoms. The van der Waals surface area contributed by atoms with Gasteiger partial charge in [0.15, 0.2) is 10.9 Å². The number of anilines is 3. The van der Waals surface area contributed by atoms with E-state index >= 15 is 0 Å². The number of carbonyl (C=O) groups excluding carboxylic acids is 1. The molecule has 1 amide bonds. The molecule has 1 N–H and O–H groups in total. The zero-order chi connectivity index (χ0) is 31.8. The van der Waals surface area contributed by atoms with Gasteiger partial charge in [0.2, 0.25) is 5.91 Å². The van der Waals surface area contributed by atoms with E-state index in [1.807, 2.05) is 19.9 Å². The zero-order valence-corrected chi connectivity index (χ0v) is 25.6. The second-order valence-corrected chi connectivity index (χ2v) is 12.1. The van der Waals surface area contributed by atoms with Crippen LogP contribution >= 0.6 is 11.3 Å². The molecule has 0 bridgehead atoms. The van der Waals surface area contributed by atoms with Crippen LogP contribution in [0.1, 0.15) is 17.4 Å². The van der Waals surface area contributed by atoms with E-state index in [1.165, 1.54) is 29.2 Å². The van der Waals surface area contributed by atoms with Crippen molar-refractivity contribution in [2.45, 2.75) is 32.9 Å². The van der Waals surface area contributed by atoms with Crippen molar-refractivity contribution in [3.63, 3.8) is 0 Å². The highest BCUT2D eigenvalue weighted by Gasteiger charge is 2.32. The van der Waals surface area contributed by atoms with Crippen LogP contribution in [0.15, 0.2) is 30.3 Å². The van der Waals surface area contributed by atoms with Gasteiger partial charge in [-0.25, -0.2) is 27.8 Å². The fourth-order valence-corrected chi connectivity index (χ4v) is 6.55. The summed E-state index contributed by atoms with van der Waals surface area (Å²) in [6.07, 6.45) is -3.17. The lowest BCUT2D eigenvalue weighted by Gasteiger charge is -2.39. The van der Waals surface area contributed by atoms with Crippen LogP contribution in [0.2, 0.25) is 0 Å². The van der Waals surface area contributed by atoms with Crippen molar-refractivity contribution in [1.82, 2.24) is 29.5 Å². The van der Waals surface area contributed by atoms with Crippen LogP contribution in [0, 0.1) is 24.1 Å². The Morgan fingerprint density at radius 2 is 1.87 bits per heavy atom. The standard InChI is InChI=1S/C30H32F3N9O2S/c1-3-42-29(41(16-23(32)33)30-36-27(22(13-34)45-30)19-4-6-20(31)7-5-19)28-26(37-42)18(2)12-24(35-28)39-10-8-38(9-11-39)17-25(44)40-14-21(43)15-40/h4-7,12,21,23,43H,3,8-11,14-17H2,1-2H3. The van der Waals surface area contributed by atoms with E-state index in [0.717, 1.165) is 16.9 Å². The van der Waals surface area contributed by atoms with Gasteiger partial charge in [0.1, 0.15) is 39.3 Å². The Hall–Kier alpha value is -4.26. The van der Waals surface area contributed by atoms with Crippen LogP contribution in [0.4, 0.5) is 29.9 Å². The van der Waals surface area contributed by atoms with Crippen molar-refractivity contribution < 1.29 is 23.1 Å². The Balaban J connectivity index is 1.33. The van der Waals surface area contributed by atoms with Crippen molar-refractivity contribution in [2.24, 2.45) is 0 Å². The average molecular weight is 640 g/mol. The van der Waals surface area contributed by atoms with Gasteiger partial charge in [0, 0.05) is 51.4 Å². The van der Waals surface area contributed by atoms with Gasteiger partial charge >= 0.3 is 0 Å². The maximum Gasteiger partial charge on any atom is 0.256 e. The Kier molecular flexibility index (Phi) is 8.63. The number of nitrogens with zero attached hydrogens (tertiary/aromatic N) is 9. The molecular weight excluding hydrogens is 607 g/mol. The minimum absolute atomic E-state index is 0.00390. The predicted molar refractivity (Wildman–Crippen MR) is 164 cm³/mol. The number of amides is 1. The Morgan fingerprint density at radius 1 is 1.16 bits per heavy atom.